The summed E-state index contributed by atoms with van der Waals surface area (Å²) >= 11 is 0. The standard InChI is InChI=1S/C13H20O2/c1-9-7-8-11(14)12(13(9)15-2)10-5-3-4-6-10/h10,12H,3-8H2,1-2H3. The summed E-state index contributed by atoms with van der Waals surface area (Å²) in [6.07, 6.45) is 6.59. The van der Waals surface area contributed by atoms with Gasteiger partial charge in [-0.15, -0.1) is 0 Å². The summed E-state index contributed by atoms with van der Waals surface area (Å²) in [6.45, 7) is 2.10. The number of carbonyl (C=O) groups excluding carboxylic acids is 1. The number of hydrogen-bond acceptors (Lipinski definition) is 2. The molecular weight excluding hydrogens is 188 g/mol. The van der Waals surface area contributed by atoms with Crippen LogP contribution in [0, 0.1) is 11.8 Å². The molecule has 2 aliphatic carbocycles. The van der Waals surface area contributed by atoms with Crippen LogP contribution in [0.3, 0.4) is 0 Å². The Kier molecular flexibility index (Phi) is 3.13. The number of rotatable bonds is 2. The minimum Gasteiger partial charge on any atom is -0.500 e. The highest BCUT2D eigenvalue weighted by molar-refractivity contribution is 5.85. The second kappa shape index (κ2) is 4.38. The third kappa shape index (κ3) is 1.95. The lowest BCUT2D eigenvalue weighted by atomic mass is 9.78. The summed E-state index contributed by atoms with van der Waals surface area (Å²) < 4.78 is 5.46. The molecule has 84 valence electrons. The highest BCUT2D eigenvalue weighted by Gasteiger charge is 2.37. The molecule has 0 aromatic carbocycles. The highest BCUT2D eigenvalue weighted by atomic mass is 16.5. The van der Waals surface area contributed by atoms with E-state index in [9.17, 15) is 4.79 Å². The summed E-state index contributed by atoms with van der Waals surface area (Å²) in [5.41, 5.74) is 1.29. The van der Waals surface area contributed by atoms with E-state index in [0.29, 0.717) is 11.7 Å². The Morgan fingerprint density at radius 1 is 1.20 bits per heavy atom. The topological polar surface area (TPSA) is 26.3 Å². The predicted octanol–water partition coefficient (Wildman–Crippen LogP) is 3.08. The first-order chi connectivity index (χ1) is 7.24. The molecule has 1 saturated carbocycles. The van der Waals surface area contributed by atoms with E-state index in [1.807, 2.05) is 0 Å². The lowest BCUT2D eigenvalue weighted by molar-refractivity contribution is -0.125. The normalized spacial score (nSPS) is 28.7. The first-order valence-electron chi connectivity index (χ1n) is 6.00. The quantitative estimate of drug-likeness (QED) is 0.697. The molecule has 0 spiro atoms. The fourth-order valence-electron chi connectivity index (χ4n) is 3.07. The molecule has 0 bridgehead atoms. The van der Waals surface area contributed by atoms with Crippen molar-refractivity contribution < 1.29 is 9.53 Å². The van der Waals surface area contributed by atoms with Crippen molar-refractivity contribution in [2.75, 3.05) is 7.11 Å². The molecule has 0 heterocycles. The van der Waals surface area contributed by atoms with Gasteiger partial charge >= 0.3 is 0 Å². The van der Waals surface area contributed by atoms with Gasteiger partial charge in [-0.3, -0.25) is 4.79 Å². The average Bonchev–Trinajstić information content (AvgIpc) is 2.74. The Bertz CT molecular complexity index is 285. The molecule has 0 N–H and O–H groups in total. The molecule has 0 aliphatic heterocycles. The van der Waals surface area contributed by atoms with E-state index in [1.165, 1.54) is 31.3 Å². The Morgan fingerprint density at radius 2 is 1.87 bits per heavy atom. The van der Waals surface area contributed by atoms with Crippen LogP contribution in [-0.2, 0) is 9.53 Å². The van der Waals surface area contributed by atoms with Crippen LogP contribution < -0.4 is 0 Å². The van der Waals surface area contributed by atoms with E-state index in [0.717, 1.165) is 18.6 Å². The molecule has 2 nitrogen and oxygen atoms in total. The Balaban J connectivity index is 2.24. The SMILES string of the molecule is COC1=C(C)CCC(=O)C1C1CCCC1. The second-order valence-electron chi connectivity index (χ2n) is 4.84. The molecule has 1 atom stereocenters. The van der Waals surface area contributed by atoms with Crippen LogP contribution in [-0.4, -0.2) is 12.9 Å². The molecule has 0 radical (unpaired) electrons. The van der Waals surface area contributed by atoms with Crippen LogP contribution >= 0.6 is 0 Å². The van der Waals surface area contributed by atoms with E-state index in [-0.39, 0.29) is 5.92 Å². The van der Waals surface area contributed by atoms with Crippen LogP contribution in [0.25, 0.3) is 0 Å². The first-order valence-corrected chi connectivity index (χ1v) is 6.00. The van der Waals surface area contributed by atoms with Crippen molar-refractivity contribution in [3.8, 4) is 0 Å². The number of allylic oxidation sites excluding steroid dienone is 2. The van der Waals surface area contributed by atoms with E-state index in [1.54, 1.807) is 7.11 Å². The summed E-state index contributed by atoms with van der Waals surface area (Å²) in [4.78, 5) is 12.0. The van der Waals surface area contributed by atoms with E-state index in [4.69, 9.17) is 4.74 Å². The maximum Gasteiger partial charge on any atom is 0.144 e. The minimum atomic E-state index is 0.0891. The van der Waals surface area contributed by atoms with Crippen LogP contribution in [0.1, 0.15) is 45.4 Å². The first kappa shape index (κ1) is 10.7. The lowest BCUT2D eigenvalue weighted by Gasteiger charge is -2.29. The number of ether oxygens (including phenoxy) is 1. The van der Waals surface area contributed by atoms with E-state index < -0.39 is 0 Å². The monoisotopic (exact) mass is 208 g/mol. The van der Waals surface area contributed by atoms with Crippen LogP contribution in [0.4, 0.5) is 0 Å². The fourth-order valence-corrected chi connectivity index (χ4v) is 3.07. The molecule has 1 unspecified atom stereocenters. The molecule has 2 aliphatic rings. The van der Waals surface area contributed by atoms with Crippen molar-refractivity contribution in [2.45, 2.75) is 45.4 Å². The molecule has 2 rings (SSSR count). The molecule has 15 heavy (non-hydrogen) atoms. The molecular formula is C13H20O2. The van der Waals surface area contributed by atoms with Crippen molar-refractivity contribution in [3.63, 3.8) is 0 Å². The third-order valence-electron chi connectivity index (χ3n) is 3.89. The van der Waals surface area contributed by atoms with Crippen molar-refractivity contribution in [2.24, 2.45) is 11.8 Å². The highest BCUT2D eigenvalue weighted by Crippen LogP contribution is 2.40. The summed E-state index contributed by atoms with van der Waals surface area (Å²) in [7, 11) is 1.71. The van der Waals surface area contributed by atoms with Crippen LogP contribution in [0.2, 0.25) is 0 Å². The predicted molar refractivity (Wildman–Crippen MR) is 59.4 cm³/mol. The van der Waals surface area contributed by atoms with Crippen molar-refractivity contribution >= 4 is 5.78 Å². The summed E-state index contributed by atoms with van der Waals surface area (Å²) in [6, 6.07) is 0. The third-order valence-corrected chi connectivity index (χ3v) is 3.89. The van der Waals surface area contributed by atoms with Gasteiger partial charge in [0.2, 0.25) is 0 Å². The van der Waals surface area contributed by atoms with Crippen molar-refractivity contribution in [3.05, 3.63) is 11.3 Å². The largest absolute Gasteiger partial charge is 0.500 e. The van der Waals surface area contributed by atoms with Gasteiger partial charge in [0, 0.05) is 6.42 Å². The van der Waals surface area contributed by atoms with Crippen LogP contribution in [0.15, 0.2) is 11.3 Å². The second-order valence-corrected chi connectivity index (χ2v) is 4.84. The van der Waals surface area contributed by atoms with Gasteiger partial charge in [-0.05, 0) is 37.7 Å². The zero-order valence-electron chi connectivity index (χ0n) is 9.71. The van der Waals surface area contributed by atoms with Gasteiger partial charge in [0.15, 0.2) is 0 Å². The Morgan fingerprint density at radius 3 is 2.47 bits per heavy atom. The van der Waals surface area contributed by atoms with Gasteiger partial charge in [0.25, 0.3) is 0 Å². The van der Waals surface area contributed by atoms with Crippen molar-refractivity contribution in [1.82, 2.24) is 0 Å². The molecule has 0 aromatic rings. The van der Waals surface area contributed by atoms with Gasteiger partial charge in [-0.2, -0.15) is 0 Å². The number of methoxy groups -OCH3 is 1. The maximum absolute atomic E-state index is 12.0. The summed E-state index contributed by atoms with van der Waals surface area (Å²) in [5, 5.41) is 0. The number of carbonyl (C=O) groups is 1. The van der Waals surface area contributed by atoms with Gasteiger partial charge in [-0.1, -0.05) is 12.8 Å². The van der Waals surface area contributed by atoms with Crippen molar-refractivity contribution in [1.29, 1.82) is 0 Å². The lowest BCUT2D eigenvalue weighted by Crippen LogP contribution is -2.29. The minimum absolute atomic E-state index is 0.0891. The van der Waals surface area contributed by atoms with Gasteiger partial charge in [-0.25, -0.2) is 0 Å². The maximum atomic E-state index is 12.0. The fraction of sp³-hybridized carbons (Fsp3) is 0.769. The molecule has 1 fully saturated rings. The van der Waals surface area contributed by atoms with Crippen LogP contribution in [0.5, 0.6) is 0 Å². The molecule has 0 aromatic heterocycles. The number of ketones is 1. The smallest absolute Gasteiger partial charge is 0.144 e. The van der Waals surface area contributed by atoms with E-state index >= 15 is 0 Å². The zero-order chi connectivity index (χ0) is 10.8. The Hall–Kier alpha value is -0.790. The molecule has 2 heteroatoms. The number of Topliss-reactive ketones (excluding diaryl/α,β-unsaturated/α-hetero) is 1. The van der Waals surface area contributed by atoms with Gasteiger partial charge in [0.1, 0.15) is 11.5 Å². The zero-order valence-corrected chi connectivity index (χ0v) is 9.71. The molecule has 0 amide bonds. The summed E-state index contributed by atoms with van der Waals surface area (Å²) in [5.74, 6) is 2.04. The van der Waals surface area contributed by atoms with Gasteiger partial charge in [0.05, 0.1) is 13.0 Å². The molecule has 0 saturated heterocycles. The Labute approximate surface area is 91.7 Å². The van der Waals surface area contributed by atoms with E-state index in [2.05, 4.69) is 6.92 Å². The number of hydrogen-bond donors (Lipinski definition) is 0. The average molecular weight is 208 g/mol. The van der Waals surface area contributed by atoms with Gasteiger partial charge < -0.3 is 4.74 Å².